The zero-order chi connectivity index (χ0) is 15.7. The predicted molar refractivity (Wildman–Crippen MR) is 86.1 cm³/mol. The Morgan fingerprint density at radius 1 is 1.14 bits per heavy atom. The molecule has 3 heteroatoms. The first kappa shape index (κ1) is 17.4. The number of rotatable bonds is 9. The number of amides is 1. The summed E-state index contributed by atoms with van der Waals surface area (Å²) in [6.07, 6.45) is 3.37. The maximum absolute atomic E-state index is 12.0. The summed E-state index contributed by atoms with van der Waals surface area (Å²) in [6.45, 7) is 5.98. The Bertz CT molecular complexity index is 440. The van der Waals surface area contributed by atoms with Crippen LogP contribution in [0.4, 0.5) is 0 Å². The fraction of sp³-hybridized carbons (Fsp3) is 0.556. The topological polar surface area (TPSA) is 46.2 Å². The summed E-state index contributed by atoms with van der Waals surface area (Å²) in [6, 6.07) is 9.82. The standard InChI is InChI=1S/C18H27NO2/c1-4-17(20)16(13-14(2)3)19-18(21)12-8-11-15-9-6-5-7-10-15/h5-7,9-10,14,16H,4,8,11-13H2,1-3H3,(H,19,21). The van der Waals surface area contributed by atoms with Crippen LogP contribution in [0.25, 0.3) is 0 Å². The van der Waals surface area contributed by atoms with E-state index in [1.165, 1.54) is 5.56 Å². The van der Waals surface area contributed by atoms with Gasteiger partial charge in [-0.25, -0.2) is 0 Å². The number of hydrogen-bond acceptors (Lipinski definition) is 2. The number of Topliss-reactive ketones (excluding diaryl/α,β-unsaturated/α-hetero) is 1. The molecule has 0 saturated heterocycles. The lowest BCUT2D eigenvalue weighted by molar-refractivity contribution is -0.128. The highest BCUT2D eigenvalue weighted by molar-refractivity contribution is 5.88. The molecule has 3 nitrogen and oxygen atoms in total. The quantitative estimate of drug-likeness (QED) is 0.756. The molecule has 0 fully saturated rings. The van der Waals surface area contributed by atoms with Crippen molar-refractivity contribution in [2.24, 2.45) is 5.92 Å². The van der Waals surface area contributed by atoms with Gasteiger partial charge in [-0.15, -0.1) is 0 Å². The van der Waals surface area contributed by atoms with Crippen molar-refractivity contribution < 1.29 is 9.59 Å². The van der Waals surface area contributed by atoms with Gasteiger partial charge in [0.25, 0.3) is 0 Å². The largest absolute Gasteiger partial charge is 0.346 e. The number of hydrogen-bond donors (Lipinski definition) is 1. The molecule has 1 N–H and O–H groups in total. The second-order valence-corrected chi connectivity index (χ2v) is 5.91. The molecule has 21 heavy (non-hydrogen) atoms. The average Bonchev–Trinajstić information content (AvgIpc) is 2.46. The molecule has 1 atom stereocenters. The Morgan fingerprint density at radius 3 is 2.38 bits per heavy atom. The van der Waals surface area contributed by atoms with E-state index in [2.05, 4.69) is 31.3 Å². The van der Waals surface area contributed by atoms with E-state index in [9.17, 15) is 9.59 Å². The van der Waals surface area contributed by atoms with Gasteiger partial charge in [-0.2, -0.15) is 0 Å². The van der Waals surface area contributed by atoms with E-state index in [1.54, 1.807) is 0 Å². The molecule has 0 saturated carbocycles. The molecule has 0 aliphatic carbocycles. The molecular weight excluding hydrogens is 262 g/mol. The first-order valence-electron chi connectivity index (χ1n) is 7.89. The Kier molecular flexibility index (Phi) is 7.73. The van der Waals surface area contributed by atoms with Crippen LogP contribution in [-0.2, 0) is 16.0 Å². The van der Waals surface area contributed by atoms with Gasteiger partial charge in [0.05, 0.1) is 6.04 Å². The Labute approximate surface area is 128 Å². The van der Waals surface area contributed by atoms with Crippen LogP contribution in [0, 0.1) is 5.92 Å². The van der Waals surface area contributed by atoms with Gasteiger partial charge in [0, 0.05) is 12.8 Å². The van der Waals surface area contributed by atoms with Crippen molar-refractivity contribution in [3.8, 4) is 0 Å². The first-order chi connectivity index (χ1) is 10.0. The third kappa shape index (κ3) is 7.07. The summed E-state index contributed by atoms with van der Waals surface area (Å²) < 4.78 is 0. The third-order valence-corrected chi connectivity index (χ3v) is 3.49. The van der Waals surface area contributed by atoms with Gasteiger partial charge in [-0.1, -0.05) is 51.1 Å². The molecular formula is C18H27NO2. The van der Waals surface area contributed by atoms with Gasteiger partial charge in [0.2, 0.25) is 5.91 Å². The zero-order valence-electron chi connectivity index (χ0n) is 13.4. The van der Waals surface area contributed by atoms with E-state index >= 15 is 0 Å². The molecule has 0 aliphatic heterocycles. The molecule has 0 heterocycles. The van der Waals surface area contributed by atoms with Crippen LogP contribution in [-0.4, -0.2) is 17.7 Å². The fourth-order valence-corrected chi connectivity index (χ4v) is 2.35. The number of ketones is 1. The predicted octanol–water partition coefficient (Wildman–Crippen LogP) is 3.52. The minimum atomic E-state index is -0.320. The highest BCUT2D eigenvalue weighted by atomic mass is 16.2. The van der Waals surface area contributed by atoms with E-state index in [4.69, 9.17) is 0 Å². The molecule has 1 rings (SSSR count). The minimum Gasteiger partial charge on any atom is -0.346 e. The van der Waals surface area contributed by atoms with Gasteiger partial charge in [-0.05, 0) is 30.7 Å². The van der Waals surface area contributed by atoms with Crippen molar-refractivity contribution in [2.75, 3.05) is 0 Å². The van der Waals surface area contributed by atoms with Crippen molar-refractivity contribution in [2.45, 2.75) is 58.9 Å². The third-order valence-electron chi connectivity index (χ3n) is 3.49. The maximum atomic E-state index is 12.0. The van der Waals surface area contributed by atoms with Crippen LogP contribution >= 0.6 is 0 Å². The smallest absolute Gasteiger partial charge is 0.220 e. The van der Waals surface area contributed by atoms with Crippen LogP contribution < -0.4 is 5.32 Å². The van der Waals surface area contributed by atoms with Crippen LogP contribution in [0.1, 0.15) is 52.0 Å². The fourth-order valence-electron chi connectivity index (χ4n) is 2.35. The highest BCUT2D eigenvalue weighted by Crippen LogP contribution is 2.09. The summed E-state index contributed by atoms with van der Waals surface area (Å²) in [7, 11) is 0. The van der Waals surface area contributed by atoms with Crippen LogP contribution in [0.5, 0.6) is 0 Å². The van der Waals surface area contributed by atoms with Gasteiger partial charge < -0.3 is 5.32 Å². The van der Waals surface area contributed by atoms with Crippen LogP contribution in [0.3, 0.4) is 0 Å². The van der Waals surface area contributed by atoms with E-state index < -0.39 is 0 Å². The molecule has 1 unspecified atom stereocenters. The molecule has 1 aromatic rings. The molecule has 0 bridgehead atoms. The molecule has 0 aromatic heterocycles. The van der Waals surface area contributed by atoms with E-state index in [0.717, 1.165) is 19.3 Å². The normalized spacial score (nSPS) is 12.2. The van der Waals surface area contributed by atoms with Crippen molar-refractivity contribution in [1.29, 1.82) is 0 Å². The lowest BCUT2D eigenvalue weighted by atomic mass is 9.98. The van der Waals surface area contributed by atoms with Gasteiger partial charge in [0.15, 0.2) is 5.78 Å². The number of nitrogens with one attached hydrogen (secondary N) is 1. The summed E-state index contributed by atoms with van der Waals surface area (Å²) in [5.74, 6) is 0.508. The lowest BCUT2D eigenvalue weighted by Gasteiger charge is -2.19. The molecule has 0 aliphatic rings. The molecule has 1 aromatic carbocycles. The lowest BCUT2D eigenvalue weighted by Crippen LogP contribution is -2.41. The number of aryl methyl sites for hydroxylation is 1. The first-order valence-corrected chi connectivity index (χ1v) is 7.89. The van der Waals surface area contributed by atoms with Crippen LogP contribution in [0.15, 0.2) is 30.3 Å². The maximum Gasteiger partial charge on any atom is 0.220 e. The van der Waals surface area contributed by atoms with Crippen molar-refractivity contribution in [3.63, 3.8) is 0 Å². The number of carbonyl (C=O) groups is 2. The molecule has 116 valence electrons. The summed E-state index contributed by atoms with van der Waals surface area (Å²) in [4.78, 5) is 23.8. The zero-order valence-corrected chi connectivity index (χ0v) is 13.4. The SMILES string of the molecule is CCC(=O)C(CC(C)C)NC(=O)CCCc1ccccc1. The molecule has 0 radical (unpaired) electrons. The summed E-state index contributed by atoms with van der Waals surface area (Å²) in [5.41, 5.74) is 1.24. The second-order valence-electron chi connectivity index (χ2n) is 5.91. The highest BCUT2D eigenvalue weighted by Gasteiger charge is 2.19. The Hall–Kier alpha value is -1.64. The minimum absolute atomic E-state index is 0.0154. The van der Waals surface area contributed by atoms with Gasteiger partial charge >= 0.3 is 0 Å². The van der Waals surface area contributed by atoms with Gasteiger partial charge in [0.1, 0.15) is 0 Å². The van der Waals surface area contributed by atoms with Crippen molar-refractivity contribution in [3.05, 3.63) is 35.9 Å². The monoisotopic (exact) mass is 289 g/mol. The summed E-state index contributed by atoms with van der Waals surface area (Å²) in [5, 5.41) is 2.90. The summed E-state index contributed by atoms with van der Waals surface area (Å²) >= 11 is 0. The molecule has 0 spiro atoms. The average molecular weight is 289 g/mol. The van der Waals surface area contributed by atoms with Crippen molar-refractivity contribution in [1.82, 2.24) is 5.32 Å². The van der Waals surface area contributed by atoms with Crippen LogP contribution in [0.2, 0.25) is 0 Å². The van der Waals surface area contributed by atoms with E-state index in [0.29, 0.717) is 18.8 Å². The molecule has 1 amide bonds. The van der Waals surface area contributed by atoms with Crippen molar-refractivity contribution >= 4 is 11.7 Å². The second kappa shape index (κ2) is 9.32. The van der Waals surface area contributed by atoms with E-state index in [1.807, 2.05) is 25.1 Å². The number of benzene rings is 1. The number of carbonyl (C=O) groups excluding carboxylic acids is 2. The van der Waals surface area contributed by atoms with Gasteiger partial charge in [-0.3, -0.25) is 9.59 Å². The Balaban J connectivity index is 2.37. The van der Waals surface area contributed by atoms with E-state index in [-0.39, 0.29) is 17.7 Å². The Morgan fingerprint density at radius 2 is 1.81 bits per heavy atom.